The van der Waals surface area contributed by atoms with E-state index >= 15 is 0 Å². The zero-order valence-corrected chi connectivity index (χ0v) is 12.5. The Labute approximate surface area is 113 Å². The molecule has 0 aromatic rings. The molecule has 0 aromatic carbocycles. The maximum Gasteiger partial charge on any atom is 0.0357 e. The van der Waals surface area contributed by atoms with E-state index in [1.807, 2.05) is 0 Å². The van der Waals surface area contributed by atoms with Crippen LogP contribution in [0.2, 0.25) is 0 Å². The maximum atomic E-state index is 6.20. The second-order valence-corrected chi connectivity index (χ2v) is 6.64. The lowest BCUT2D eigenvalue weighted by Gasteiger charge is -2.52. The molecule has 2 unspecified atom stereocenters. The Morgan fingerprint density at radius 3 is 2.33 bits per heavy atom. The van der Waals surface area contributed by atoms with Gasteiger partial charge in [-0.05, 0) is 45.7 Å². The van der Waals surface area contributed by atoms with Crippen LogP contribution < -0.4 is 5.73 Å². The highest BCUT2D eigenvalue weighted by molar-refractivity contribution is 5.00. The minimum atomic E-state index is 0.315. The van der Waals surface area contributed by atoms with Crippen molar-refractivity contribution in [3.05, 3.63) is 0 Å². The predicted molar refractivity (Wildman–Crippen MR) is 77.7 cm³/mol. The summed E-state index contributed by atoms with van der Waals surface area (Å²) < 4.78 is 0. The Balaban J connectivity index is 2.01. The summed E-state index contributed by atoms with van der Waals surface area (Å²) in [6, 6.07) is 0.773. The number of nitrogens with zero attached hydrogens (tertiary/aromatic N) is 2. The third kappa shape index (κ3) is 2.59. The smallest absolute Gasteiger partial charge is 0.0357 e. The van der Waals surface area contributed by atoms with E-state index in [9.17, 15) is 0 Å². The van der Waals surface area contributed by atoms with Gasteiger partial charge in [0, 0.05) is 31.2 Å². The van der Waals surface area contributed by atoms with Crippen LogP contribution in [-0.4, -0.2) is 55.1 Å². The van der Waals surface area contributed by atoms with Crippen molar-refractivity contribution in [2.24, 2.45) is 11.7 Å². The average molecular weight is 253 g/mol. The van der Waals surface area contributed by atoms with Gasteiger partial charge in [-0.25, -0.2) is 0 Å². The molecule has 2 atom stereocenters. The van der Waals surface area contributed by atoms with Crippen molar-refractivity contribution in [1.82, 2.24) is 9.80 Å². The number of piperidine rings is 1. The van der Waals surface area contributed by atoms with E-state index in [0.29, 0.717) is 5.54 Å². The largest absolute Gasteiger partial charge is 0.329 e. The van der Waals surface area contributed by atoms with Crippen LogP contribution in [0.4, 0.5) is 0 Å². The van der Waals surface area contributed by atoms with E-state index in [1.165, 1.54) is 51.6 Å². The van der Waals surface area contributed by atoms with Gasteiger partial charge in [0.2, 0.25) is 0 Å². The third-order valence-electron chi connectivity index (χ3n) is 5.59. The lowest BCUT2D eigenvalue weighted by atomic mass is 9.71. The molecule has 2 fully saturated rings. The second kappa shape index (κ2) is 5.89. The number of hydrogen-bond donors (Lipinski definition) is 1. The first kappa shape index (κ1) is 14.3. The molecule has 0 spiro atoms. The summed E-state index contributed by atoms with van der Waals surface area (Å²) in [5, 5.41) is 0. The van der Waals surface area contributed by atoms with Crippen molar-refractivity contribution in [1.29, 1.82) is 0 Å². The number of likely N-dealkylation sites (tertiary alicyclic amines) is 1. The van der Waals surface area contributed by atoms with Crippen LogP contribution in [0.15, 0.2) is 0 Å². The van der Waals surface area contributed by atoms with E-state index in [4.69, 9.17) is 5.73 Å². The molecular weight excluding hydrogens is 222 g/mol. The van der Waals surface area contributed by atoms with Crippen molar-refractivity contribution in [2.75, 3.05) is 33.7 Å². The molecule has 2 rings (SSSR count). The standard InChI is InChI=1S/C15H31N3/c1-13-6-4-5-9-15(13,12-16)18-10-7-14(8-11-18)17(2)3/h13-14H,4-12,16H2,1-3H3. The zero-order chi connectivity index (χ0) is 13.2. The molecule has 3 nitrogen and oxygen atoms in total. The van der Waals surface area contributed by atoms with Crippen LogP contribution in [0.25, 0.3) is 0 Å². The summed E-state index contributed by atoms with van der Waals surface area (Å²) in [6.45, 7) is 5.75. The van der Waals surface area contributed by atoms with Crippen LogP contribution in [0, 0.1) is 5.92 Å². The Morgan fingerprint density at radius 1 is 1.17 bits per heavy atom. The molecule has 2 N–H and O–H groups in total. The second-order valence-electron chi connectivity index (χ2n) is 6.64. The van der Waals surface area contributed by atoms with Gasteiger partial charge in [-0.3, -0.25) is 4.90 Å². The Hall–Kier alpha value is -0.120. The third-order valence-corrected chi connectivity index (χ3v) is 5.59. The van der Waals surface area contributed by atoms with E-state index in [0.717, 1.165) is 18.5 Å². The van der Waals surface area contributed by atoms with Gasteiger partial charge in [-0.2, -0.15) is 0 Å². The van der Waals surface area contributed by atoms with E-state index in [1.54, 1.807) is 0 Å². The number of hydrogen-bond acceptors (Lipinski definition) is 3. The van der Waals surface area contributed by atoms with E-state index in [2.05, 4.69) is 30.8 Å². The molecule has 2 aliphatic rings. The van der Waals surface area contributed by atoms with Crippen molar-refractivity contribution < 1.29 is 0 Å². The van der Waals surface area contributed by atoms with Crippen molar-refractivity contribution >= 4 is 0 Å². The highest BCUT2D eigenvalue weighted by atomic mass is 15.2. The van der Waals surface area contributed by atoms with Crippen molar-refractivity contribution in [2.45, 2.75) is 57.0 Å². The van der Waals surface area contributed by atoms with Gasteiger partial charge in [-0.1, -0.05) is 19.8 Å². The quantitative estimate of drug-likeness (QED) is 0.834. The molecule has 1 aliphatic heterocycles. The fourth-order valence-electron chi connectivity index (χ4n) is 4.13. The summed E-state index contributed by atoms with van der Waals surface area (Å²) in [5.74, 6) is 0.771. The summed E-state index contributed by atoms with van der Waals surface area (Å²) in [5.41, 5.74) is 6.52. The molecule has 0 aromatic heterocycles. The molecule has 1 saturated heterocycles. The zero-order valence-electron chi connectivity index (χ0n) is 12.5. The number of nitrogens with two attached hydrogens (primary N) is 1. The van der Waals surface area contributed by atoms with Gasteiger partial charge in [0.25, 0.3) is 0 Å². The fraction of sp³-hybridized carbons (Fsp3) is 1.00. The summed E-state index contributed by atoms with van der Waals surface area (Å²) in [7, 11) is 4.42. The van der Waals surface area contributed by atoms with Crippen LogP contribution in [0.1, 0.15) is 45.4 Å². The highest BCUT2D eigenvalue weighted by Crippen LogP contribution is 2.39. The predicted octanol–water partition coefficient (Wildman–Crippen LogP) is 1.92. The van der Waals surface area contributed by atoms with Crippen molar-refractivity contribution in [3.8, 4) is 0 Å². The Bertz CT molecular complexity index is 258. The molecule has 1 saturated carbocycles. The van der Waals surface area contributed by atoms with Crippen LogP contribution in [-0.2, 0) is 0 Å². The molecular formula is C15H31N3. The molecule has 1 heterocycles. The number of rotatable bonds is 3. The molecule has 0 bridgehead atoms. The van der Waals surface area contributed by atoms with E-state index in [-0.39, 0.29) is 0 Å². The van der Waals surface area contributed by atoms with Crippen LogP contribution >= 0.6 is 0 Å². The highest BCUT2D eigenvalue weighted by Gasteiger charge is 2.43. The molecule has 3 heteroatoms. The summed E-state index contributed by atoms with van der Waals surface area (Å²) in [6.07, 6.45) is 8.07. The van der Waals surface area contributed by atoms with Gasteiger partial charge in [0.15, 0.2) is 0 Å². The molecule has 0 amide bonds. The van der Waals surface area contributed by atoms with Crippen molar-refractivity contribution in [3.63, 3.8) is 0 Å². The van der Waals surface area contributed by atoms with Gasteiger partial charge in [-0.15, -0.1) is 0 Å². The first-order valence-electron chi connectivity index (χ1n) is 7.71. The molecule has 0 radical (unpaired) electrons. The lowest BCUT2D eigenvalue weighted by Crippen LogP contribution is -2.62. The van der Waals surface area contributed by atoms with Gasteiger partial charge < -0.3 is 10.6 Å². The normalized spacial score (nSPS) is 36.2. The fourth-order valence-corrected chi connectivity index (χ4v) is 4.13. The SMILES string of the molecule is CC1CCCCC1(CN)N1CCC(N(C)C)CC1. The minimum Gasteiger partial charge on any atom is -0.329 e. The Kier molecular flexibility index (Phi) is 4.68. The Morgan fingerprint density at radius 2 is 1.83 bits per heavy atom. The van der Waals surface area contributed by atoms with Gasteiger partial charge >= 0.3 is 0 Å². The molecule has 18 heavy (non-hydrogen) atoms. The topological polar surface area (TPSA) is 32.5 Å². The summed E-state index contributed by atoms with van der Waals surface area (Å²) in [4.78, 5) is 5.12. The van der Waals surface area contributed by atoms with Gasteiger partial charge in [0.05, 0.1) is 0 Å². The lowest BCUT2D eigenvalue weighted by molar-refractivity contribution is -0.0136. The van der Waals surface area contributed by atoms with E-state index < -0.39 is 0 Å². The maximum absolute atomic E-state index is 6.20. The first-order chi connectivity index (χ1) is 8.60. The minimum absolute atomic E-state index is 0.315. The van der Waals surface area contributed by atoms with Crippen LogP contribution in [0.5, 0.6) is 0 Å². The van der Waals surface area contributed by atoms with Crippen LogP contribution in [0.3, 0.4) is 0 Å². The first-order valence-corrected chi connectivity index (χ1v) is 7.71. The average Bonchev–Trinajstić information content (AvgIpc) is 2.40. The monoisotopic (exact) mass is 253 g/mol. The van der Waals surface area contributed by atoms with Gasteiger partial charge in [0.1, 0.15) is 0 Å². The molecule has 106 valence electrons. The summed E-state index contributed by atoms with van der Waals surface area (Å²) >= 11 is 0. The molecule has 1 aliphatic carbocycles.